The first-order chi connectivity index (χ1) is 10.5. The number of carbonyl (C=O) groups excluding carboxylic acids is 2. The van der Waals surface area contributed by atoms with Gasteiger partial charge in [-0.3, -0.25) is 14.9 Å². The minimum absolute atomic E-state index is 0.329. The van der Waals surface area contributed by atoms with Crippen molar-refractivity contribution in [3.8, 4) is 0 Å². The maximum atomic E-state index is 12.0. The lowest BCUT2D eigenvalue weighted by Crippen LogP contribution is -2.19. The third-order valence-electron chi connectivity index (χ3n) is 2.74. The largest absolute Gasteiger partial charge is 0.289 e. The number of nitrogens with one attached hydrogen (secondary N) is 1. The van der Waals surface area contributed by atoms with Gasteiger partial charge in [0.25, 0.3) is 11.8 Å². The lowest BCUT2D eigenvalue weighted by Gasteiger charge is -2.03. The second kappa shape index (κ2) is 6.82. The summed E-state index contributed by atoms with van der Waals surface area (Å²) in [5.74, 6) is -0.657. The molecule has 0 fully saturated rings. The minimum Gasteiger partial charge on any atom is -0.289 e. The number of hydrogen-bond donors (Lipinski definition) is 1. The Morgan fingerprint density at radius 3 is 1.27 bits per heavy atom. The van der Waals surface area contributed by atoms with Gasteiger partial charge in [0.15, 0.2) is 0 Å². The highest BCUT2D eigenvalue weighted by molar-refractivity contribution is 7.91. The molecule has 5 nitrogen and oxygen atoms in total. The number of rotatable bonds is 2. The molecular formula is C16H13NO4S. The second-order valence-corrected chi connectivity index (χ2v) is 6.27. The van der Waals surface area contributed by atoms with Crippen LogP contribution in [-0.4, -0.2) is 20.2 Å². The molecule has 1 aliphatic heterocycles. The molecule has 22 heavy (non-hydrogen) atoms. The van der Waals surface area contributed by atoms with Crippen molar-refractivity contribution in [1.29, 1.82) is 0 Å². The number of hydrogen-bond acceptors (Lipinski definition) is 4. The third-order valence-corrected chi connectivity index (χ3v) is 4.53. The molecule has 1 heterocycles. The Labute approximate surface area is 128 Å². The maximum Gasteiger partial charge on any atom is 0.250 e. The van der Waals surface area contributed by atoms with Gasteiger partial charge in [0.2, 0.25) is 9.84 Å². The molecule has 112 valence electrons. The van der Waals surface area contributed by atoms with Gasteiger partial charge >= 0.3 is 0 Å². The lowest BCUT2D eigenvalue weighted by molar-refractivity contribution is -0.123. The van der Waals surface area contributed by atoms with Gasteiger partial charge in [-0.1, -0.05) is 36.4 Å². The first-order valence-corrected chi connectivity index (χ1v) is 7.87. The average molecular weight is 315 g/mol. The summed E-state index contributed by atoms with van der Waals surface area (Å²) >= 11 is 0. The highest BCUT2D eigenvalue weighted by Crippen LogP contribution is 2.19. The first kappa shape index (κ1) is 15.7. The summed E-state index contributed by atoms with van der Waals surface area (Å²) in [6.45, 7) is 0. The Morgan fingerprint density at radius 2 is 1.00 bits per heavy atom. The van der Waals surface area contributed by atoms with Crippen LogP contribution in [0.2, 0.25) is 0 Å². The topological polar surface area (TPSA) is 80.3 Å². The zero-order chi connectivity index (χ0) is 16.0. The molecule has 0 atom stereocenters. The predicted molar refractivity (Wildman–Crippen MR) is 80.6 cm³/mol. The van der Waals surface area contributed by atoms with Gasteiger partial charge in [-0.25, -0.2) is 8.42 Å². The number of sulfone groups is 1. The van der Waals surface area contributed by atoms with Gasteiger partial charge < -0.3 is 0 Å². The van der Waals surface area contributed by atoms with Crippen molar-refractivity contribution in [2.24, 2.45) is 0 Å². The van der Waals surface area contributed by atoms with Gasteiger partial charge in [0.1, 0.15) is 0 Å². The molecule has 1 aliphatic rings. The molecule has 2 amide bonds. The van der Waals surface area contributed by atoms with E-state index in [0.29, 0.717) is 9.79 Å². The van der Waals surface area contributed by atoms with Crippen LogP contribution >= 0.6 is 0 Å². The van der Waals surface area contributed by atoms with Crippen molar-refractivity contribution in [3.63, 3.8) is 0 Å². The monoisotopic (exact) mass is 315 g/mol. The van der Waals surface area contributed by atoms with Crippen molar-refractivity contribution in [2.45, 2.75) is 9.79 Å². The summed E-state index contributed by atoms with van der Waals surface area (Å²) < 4.78 is 24.1. The van der Waals surface area contributed by atoms with E-state index >= 15 is 0 Å². The fraction of sp³-hybridized carbons (Fsp3) is 0. The van der Waals surface area contributed by atoms with E-state index in [0.717, 1.165) is 0 Å². The zero-order valence-corrected chi connectivity index (χ0v) is 12.3. The van der Waals surface area contributed by atoms with Crippen LogP contribution in [-0.2, 0) is 19.4 Å². The van der Waals surface area contributed by atoms with E-state index in [4.69, 9.17) is 0 Å². The zero-order valence-electron chi connectivity index (χ0n) is 11.5. The van der Waals surface area contributed by atoms with Crippen LogP contribution in [0.15, 0.2) is 82.6 Å². The van der Waals surface area contributed by atoms with Gasteiger partial charge in [-0.15, -0.1) is 0 Å². The van der Waals surface area contributed by atoms with Crippen LogP contribution < -0.4 is 5.32 Å². The number of imide groups is 1. The van der Waals surface area contributed by atoms with Gasteiger partial charge in [0.05, 0.1) is 9.79 Å². The van der Waals surface area contributed by atoms with Crippen LogP contribution in [0, 0.1) is 0 Å². The van der Waals surface area contributed by atoms with Crippen molar-refractivity contribution in [2.75, 3.05) is 0 Å². The summed E-state index contributed by atoms with van der Waals surface area (Å²) in [5.41, 5.74) is 0. The molecular weight excluding hydrogens is 302 g/mol. The summed E-state index contributed by atoms with van der Waals surface area (Å²) in [4.78, 5) is 20.7. The van der Waals surface area contributed by atoms with Crippen molar-refractivity contribution in [1.82, 2.24) is 5.32 Å². The maximum absolute atomic E-state index is 12.0. The van der Waals surface area contributed by atoms with Crippen molar-refractivity contribution in [3.05, 3.63) is 72.8 Å². The Kier molecular flexibility index (Phi) is 4.85. The summed E-state index contributed by atoms with van der Waals surface area (Å²) in [5, 5.41) is 2.03. The van der Waals surface area contributed by atoms with Gasteiger partial charge in [0, 0.05) is 12.2 Å². The predicted octanol–water partition coefficient (Wildman–Crippen LogP) is 1.72. The number of carbonyl (C=O) groups is 2. The average Bonchev–Trinajstić information content (AvgIpc) is 2.93. The summed E-state index contributed by atoms with van der Waals surface area (Å²) in [6, 6.07) is 16.9. The highest BCUT2D eigenvalue weighted by Gasteiger charge is 2.15. The van der Waals surface area contributed by atoms with E-state index in [1.54, 1.807) is 60.7 Å². The molecule has 0 spiro atoms. The Bertz CT molecular complexity index is 735. The van der Waals surface area contributed by atoms with Crippen LogP contribution in [0.4, 0.5) is 0 Å². The number of benzene rings is 2. The molecule has 0 saturated heterocycles. The Hall–Kier alpha value is -2.73. The number of amides is 2. The minimum atomic E-state index is -3.34. The molecule has 3 rings (SSSR count). The molecule has 0 aliphatic carbocycles. The molecule has 0 bridgehead atoms. The van der Waals surface area contributed by atoms with Gasteiger partial charge in [-0.05, 0) is 24.3 Å². The fourth-order valence-electron chi connectivity index (χ4n) is 1.69. The van der Waals surface area contributed by atoms with Crippen LogP contribution in [0.3, 0.4) is 0 Å². The lowest BCUT2D eigenvalue weighted by atomic mass is 10.4. The molecule has 2 aromatic carbocycles. The molecule has 6 heteroatoms. The van der Waals surface area contributed by atoms with Crippen LogP contribution in [0.5, 0.6) is 0 Å². The molecule has 2 aromatic rings. The van der Waals surface area contributed by atoms with E-state index in [1.165, 1.54) is 12.2 Å². The first-order valence-electron chi connectivity index (χ1n) is 6.38. The summed E-state index contributed by atoms with van der Waals surface area (Å²) in [6.07, 6.45) is 2.39. The SMILES string of the molecule is O=C1C=CC(=O)N1.O=S(=O)(c1ccccc1)c1ccccc1. The molecule has 0 radical (unpaired) electrons. The standard InChI is InChI=1S/C12H10O2S.C4H3NO2/c13-15(14,11-7-3-1-4-8-11)12-9-5-2-6-10-12;6-3-1-2-4(7)5-3/h1-10H;1-2H,(H,5,6,7). The van der Waals surface area contributed by atoms with Crippen LogP contribution in [0.25, 0.3) is 0 Å². The van der Waals surface area contributed by atoms with E-state index in [9.17, 15) is 18.0 Å². The molecule has 0 aromatic heterocycles. The molecule has 1 N–H and O–H groups in total. The van der Waals surface area contributed by atoms with Gasteiger partial charge in [-0.2, -0.15) is 0 Å². The smallest absolute Gasteiger partial charge is 0.250 e. The molecule has 0 saturated carbocycles. The third kappa shape index (κ3) is 3.89. The molecule has 0 unspecified atom stereocenters. The van der Waals surface area contributed by atoms with Crippen molar-refractivity contribution < 1.29 is 18.0 Å². The normalized spacial score (nSPS) is 13.3. The quantitative estimate of drug-likeness (QED) is 0.856. The highest BCUT2D eigenvalue weighted by atomic mass is 32.2. The Morgan fingerprint density at radius 1 is 0.636 bits per heavy atom. The Balaban J connectivity index is 0.000000211. The van der Waals surface area contributed by atoms with Crippen LogP contribution in [0.1, 0.15) is 0 Å². The van der Waals surface area contributed by atoms with E-state index in [2.05, 4.69) is 0 Å². The van der Waals surface area contributed by atoms with E-state index in [-0.39, 0.29) is 11.8 Å². The second-order valence-electron chi connectivity index (χ2n) is 4.32. The summed E-state index contributed by atoms with van der Waals surface area (Å²) in [7, 11) is -3.34. The fourth-order valence-corrected chi connectivity index (χ4v) is 2.99. The van der Waals surface area contributed by atoms with Crippen molar-refractivity contribution >= 4 is 21.7 Å². The van der Waals surface area contributed by atoms with E-state index < -0.39 is 9.84 Å². The van der Waals surface area contributed by atoms with E-state index in [1.807, 2.05) is 5.32 Å².